The molecule has 0 bridgehead atoms. The van der Waals surface area contributed by atoms with Crippen LogP contribution in [0.25, 0.3) is 89.2 Å². The summed E-state index contributed by atoms with van der Waals surface area (Å²) in [6, 6.07) is 54.1. The van der Waals surface area contributed by atoms with Crippen LogP contribution in [0.4, 0.5) is 0 Å². The highest BCUT2D eigenvalue weighted by molar-refractivity contribution is 6.18. The van der Waals surface area contributed by atoms with Crippen molar-refractivity contribution in [2.45, 2.75) is 71.6 Å². The summed E-state index contributed by atoms with van der Waals surface area (Å²) in [6.45, 7) is 18.2. The van der Waals surface area contributed by atoms with Gasteiger partial charge < -0.3 is 4.57 Å². The molecule has 1 aliphatic carbocycles. The van der Waals surface area contributed by atoms with E-state index in [0.717, 1.165) is 55.0 Å². The molecule has 1 aliphatic rings. The molecular formula is C57H48N6. The fraction of sp³-hybridized carbons (Fsp3) is 0.193. The Kier molecular flexibility index (Phi) is 8.30. The molecule has 0 radical (unpaired) electrons. The molecule has 0 N–H and O–H groups in total. The van der Waals surface area contributed by atoms with Gasteiger partial charge in [-0.2, -0.15) is 15.2 Å². The third kappa shape index (κ3) is 5.87. The van der Waals surface area contributed by atoms with Crippen molar-refractivity contribution < 1.29 is 0 Å². The van der Waals surface area contributed by atoms with Crippen LogP contribution in [0.2, 0.25) is 0 Å². The van der Waals surface area contributed by atoms with Gasteiger partial charge in [0.1, 0.15) is 6.07 Å². The fourth-order valence-electron chi connectivity index (χ4n) is 9.95. The molecule has 0 fully saturated rings. The van der Waals surface area contributed by atoms with E-state index in [4.69, 9.17) is 15.0 Å². The number of nitriles is 1. The Hall–Kier alpha value is -7.36. The molecule has 6 heteroatoms. The van der Waals surface area contributed by atoms with Crippen molar-refractivity contribution in [2.24, 2.45) is 0 Å². The summed E-state index contributed by atoms with van der Waals surface area (Å²) in [5, 5.41) is 15.7. The number of hydrogen-bond acceptors (Lipinski definition) is 4. The van der Waals surface area contributed by atoms with Crippen molar-refractivity contribution >= 4 is 43.6 Å². The summed E-state index contributed by atoms with van der Waals surface area (Å²) in [6.07, 6.45) is 0. The standard InChI is InChI=1S/C57H48N6/c1-55(2,3)37-23-27-47-41(31-37)42-32-38(56(4,5)6)24-28-48(42)63(47)54-60-52(34-16-10-9-11-17-34)59-53(61-54)35-22-26-45(36(30-35)33-58)62-46-21-15-13-19-40(46)51-49(62)29-25-44-50(51)39-18-12-14-20-43(39)57(44,7)8/h9-32H,1-8H3. The summed E-state index contributed by atoms with van der Waals surface area (Å²) in [5.41, 5.74) is 14.7. The lowest BCUT2D eigenvalue weighted by Crippen LogP contribution is -2.14. The normalized spacial score (nSPS) is 13.5. The molecule has 3 heterocycles. The predicted molar refractivity (Wildman–Crippen MR) is 259 cm³/mol. The minimum atomic E-state index is -0.130. The molecule has 3 aromatic heterocycles. The number of benzene rings is 7. The minimum absolute atomic E-state index is 0.0305. The first-order chi connectivity index (χ1) is 30.2. The lowest BCUT2D eigenvalue weighted by molar-refractivity contribution is 0.590. The van der Waals surface area contributed by atoms with Crippen molar-refractivity contribution in [3.05, 3.63) is 173 Å². The van der Waals surface area contributed by atoms with Crippen LogP contribution in [0.1, 0.15) is 83.2 Å². The molecule has 0 atom stereocenters. The molecule has 0 saturated heterocycles. The molecule has 6 nitrogen and oxygen atoms in total. The third-order valence-corrected chi connectivity index (χ3v) is 13.4. The van der Waals surface area contributed by atoms with Gasteiger partial charge in [-0.15, -0.1) is 0 Å². The van der Waals surface area contributed by atoms with Crippen molar-refractivity contribution in [2.75, 3.05) is 0 Å². The number of aromatic nitrogens is 5. The SMILES string of the molecule is CC(C)(C)c1ccc2c(c1)c1cc(C(C)(C)C)ccc1n2-c1nc(-c2ccccc2)nc(-c2ccc(-n3c4ccccc4c4c5c(ccc43)C(C)(C)c3ccccc3-5)c(C#N)c2)n1. The van der Waals surface area contributed by atoms with Gasteiger partial charge in [0, 0.05) is 38.1 Å². The zero-order valence-corrected chi connectivity index (χ0v) is 37.0. The smallest absolute Gasteiger partial charge is 0.238 e. The number of fused-ring (bicyclic) bond motifs is 10. The van der Waals surface area contributed by atoms with E-state index in [0.29, 0.717) is 23.2 Å². The van der Waals surface area contributed by atoms with E-state index in [1.54, 1.807) is 0 Å². The minimum Gasteiger partial charge on any atom is -0.308 e. The molecule has 0 spiro atoms. The van der Waals surface area contributed by atoms with Crippen LogP contribution in [0.5, 0.6) is 0 Å². The molecule has 0 amide bonds. The Labute approximate surface area is 368 Å². The lowest BCUT2D eigenvalue weighted by atomic mass is 9.82. The van der Waals surface area contributed by atoms with Gasteiger partial charge in [-0.3, -0.25) is 4.57 Å². The van der Waals surface area contributed by atoms with E-state index in [2.05, 4.69) is 174 Å². The largest absolute Gasteiger partial charge is 0.308 e. The van der Waals surface area contributed by atoms with E-state index in [1.165, 1.54) is 38.8 Å². The van der Waals surface area contributed by atoms with Crippen molar-refractivity contribution in [1.29, 1.82) is 5.26 Å². The lowest BCUT2D eigenvalue weighted by Gasteiger charge is -2.21. The second kappa shape index (κ2) is 13.6. The van der Waals surface area contributed by atoms with Crippen molar-refractivity contribution in [1.82, 2.24) is 24.1 Å². The fourth-order valence-corrected chi connectivity index (χ4v) is 9.95. The second-order valence-electron chi connectivity index (χ2n) is 19.7. The molecule has 11 rings (SSSR count). The average molecular weight is 817 g/mol. The van der Waals surface area contributed by atoms with Gasteiger partial charge >= 0.3 is 0 Å². The first-order valence-corrected chi connectivity index (χ1v) is 21.8. The number of rotatable bonds is 4. The maximum atomic E-state index is 11.0. The van der Waals surface area contributed by atoms with Crippen LogP contribution in [0.15, 0.2) is 146 Å². The number of para-hydroxylation sites is 1. The van der Waals surface area contributed by atoms with E-state index < -0.39 is 0 Å². The topological polar surface area (TPSA) is 72.3 Å². The summed E-state index contributed by atoms with van der Waals surface area (Å²) < 4.78 is 4.43. The van der Waals surface area contributed by atoms with Crippen LogP contribution >= 0.6 is 0 Å². The van der Waals surface area contributed by atoms with Gasteiger partial charge in [0.15, 0.2) is 11.6 Å². The maximum absolute atomic E-state index is 11.0. The van der Waals surface area contributed by atoms with Crippen LogP contribution in [-0.2, 0) is 16.2 Å². The summed E-state index contributed by atoms with van der Waals surface area (Å²) >= 11 is 0. The highest BCUT2D eigenvalue weighted by Gasteiger charge is 2.37. The Balaban J connectivity index is 1.13. The Bertz CT molecular complexity index is 3490. The Morgan fingerprint density at radius 3 is 1.76 bits per heavy atom. The molecule has 0 saturated carbocycles. The van der Waals surface area contributed by atoms with Gasteiger partial charge in [0.25, 0.3) is 0 Å². The molecule has 7 aromatic carbocycles. The molecule has 0 unspecified atom stereocenters. The van der Waals surface area contributed by atoms with Crippen LogP contribution in [-0.4, -0.2) is 24.1 Å². The van der Waals surface area contributed by atoms with Crippen molar-refractivity contribution in [3.63, 3.8) is 0 Å². The molecule has 0 aliphatic heterocycles. The quantitative estimate of drug-likeness (QED) is 0.177. The molecular weight excluding hydrogens is 769 g/mol. The number of nitrogens with zero attached hydrogens (tertiary/aromatic N) is 6. The molecule has 63 heavy (non-hydrogen) atoms. The first-order valence-electron chi connectivity index (χ1n) is 21.8. The van der Waals surface area contributed by atoms with Gasteiger partial charge in [0.2, 0.25) is 5.95 Å². The maximum Gasteiger partial charge on any atom is 0.238 e. The first kappa shape index (κ1) is 38.6. The summed E-state index contributed by atoms with van der Waals surface area (Å²) in [5.74, 6) is 1.58. The van der Waals surface area contributed by atoms with E-state index in [1.807, 2.05) is 42.5 Å². The van der Waals surface area contributed by atoms with Crippen LogP contribution in [0, 0.1) is 11.3 Å². The second-order valence-corrected chi connectivity index (χ2v) is 19.7. The summed E-state index contributed by atoms with van der Waals surface area (Å²) in [4.78, 5) is 15.6. The summed E-state index contributed by atoms with van der Waals surface area (Å²) in [7, 11) is 0. The van der Waals surface area contributed by atoms with Crippen LogP contribution < -0.4 is 0 Å². The van der Waals surface area contributed by atoms with Crippen molar-refractivity contribution in [3.8, 4) is 51.6 Å². The van der Waals surface area contributed by atoms with E-state index in [9.17, 15) is 5.26 Å². The highest BCUT2D eigenvalue weighted by atomic mass is 15.2. The predicted octanol–water partition coefficient (Wildman–Crippen LogP) is 14.2. The van der Waals surface area contributed by atoms with E-state index in [-0.39, 0.29) is 16.2 Å². The average Bonchev–Trinajstić information content (AvgIpc) is 3.88. The van der Waals surface area contributed by atoms with Gasteiger partial charge in [-0.25, -0.2) is 4.98 Å². The zero-order chi connectivity index (χ0) is 43.6. The molecule has 306 valence electrons. The Morgan fingerprint density at radius 1 is 0.508 bits per heavy atom. The van der Waals surface area contributed by atoms with E-state index >= 15 is 0 Å². The monoisotopic (exact) mass is 816 g/mol. The highest BCUT2D eigenvalue weighted by Crippen LogP contribution is 2.53. The zero-order valence-electron chi connectivity index (χ0n) is 37.0. The third-order valence-electron chi connectivity index (χ3n) is 13.4. The van der Waals surface area contributed by atoms with Gasteiger partial charge in [0.05, 0.1) is 33.3 Å². The molecule has 10 aromatic rings. The van der Waals surface area contributed by atoms with Crippen LogP contribution in [0.3, 0.4) is 0 Å². The van der Waals surface area contributed by atoms with Gasteiger partial charge in [-0.1, -0.05) is 146 Å². The van der Waals surface area contributed by atoms with Gasteiger partial charge in [-0.05, 0) is 98.8 Å². The number of hydrogen-bond donors (Lipinski definition) is 0. The Morgan fingerprint density at radius 2 is 1.10 bits per heavy atom.